The normalized spacial score (nSPS) is 16.0. The van der Waals surface area contributed by atoms with Crippen LogP contribution in [0.3, 0.4) is 0 Å². The fourth-order valence-corrected chi connectivity index (χ4v) is 2.58. The second kappa shape index (κ2) is 6.54. The number of anilines is 1. The van der Waals surface area contributed by atoms with Crippen molar-refractivity contribution in [1.29, 1.82) is 0 Å². The molecule has 1 unspecified atom stereocenters. The minimum atomic E-state index is -0.917. The lowest BCUT2D eigenvalue weighted by Crippen LogP contribution is -2.37. The summed E-state index contributed by atoms with van der Waals surface area (Å²) in [6.07, 6.45) is -0.637. The van der Waals surface area contributed by atoms with Gasteiger partial charge in [-0.15, -0.1) is 0 Å². The second-order valence-corrected chi connectivity index (χ2v) is 5.51. The molecular weight excluding hydrogens is 310 g/mol. The monoisotopic (exact) mass is 325 g/mol. The highest BCUT2D eigenvalue weighted by Gasteiger charge is 2.30. The quantitative estimate of drug-likeness (QED) is 0.839. The Bertz CT molecular complexity index is 797. The van der Waals surface area contributed by atoms with Crippen LogP contribution in [0.4, 0.5) is 5.69 Å². The van der Waals surface area contributed by atoms with Crippen LogP contribution >= 0.6 is 0 Å². The molecule has 0 radical (unpaired) electrons. The van der Waals surface area contributed by atoms with Gasteiger partial charge in [0.15, 0.2) is 6.10 Å². The Balaban J connectivity index is 1.67. The molecule has 0 spiro atoms. The zero-order valence-electron chi connectivity index (χ0n) is 12.7. The Kier molecular flexibility index (Phi) is 4.29. The number of nitrogens with one attached hydrogen (secondary N) is 1. The van der Waals surface area contributed by atoms with Crippen molar-refractivity contribution in [3.63, 3.8) is 0 Å². The Hall–Kier alpha value is -3.15. The highest BCUT2D eigenvalue weighted by Crippen LogP contribution is 2.21. The Morgan fingerprint density at radius 2 is 1.83 bits per heavy atom. The average molecular weight is 325 g/mol. The van der Waals surface area contributed by atoms with Crippen LogP contribution in [-0.4, -0.2) is 29.1 Å². The van der Waals surface area contributed by atoms with Crippen LogP contribution in [-0.2, 0) is 27.2 Å². The molecular formula is C18H15NO5. The van der Waals surface area contributed by atoms with Gasteiger partial charge in [0.1, 0.15) is 0 Å². The predicted molar refractivity (Wildman–Crippen MR) is 85.8 cm³/mol. The minimum absolute atomic E-state index is 0.0781. The first-order chi connectivity index (χ1) is 11.5. The summed E-state index contributed by atoms with van der Waals surface area (Å²) in [6.45, 7) is 0. The van der Waals surface area contributed by atoms with Crippen LogP contribution in [0.2, 0.25) is 0 Å². The van der Waals surface area contributed by atoms with E-state index in [2.05, 4.69) is 5.32 Å². The van der Waals surface area contributed by atoms with Crippen molar-refractivity contribution in [2.24, 2.45) is 0 Å². The molecule has 1 atom stereocenters. The third-order valence-electron chi connectivity index (χ3n) is 3.76. The summed E-state index contributed by atoms with van der Waals surface area (Å²) >= 11 is 0. The lowest BCUT2D eigenvalue weighted by molar-refractivity contribution is -0.136. The fourth-order valence-electron chi connectivity index (χ4n) is 2.58. The van der Waals surface area contributed by atoms with E-state index in [9.17, 15) is 14.4 Å². The number of benzene rings is 2. The van der Waals surface area contributed by atoms with Crippen molar-refractivity contribution >= 4 is 23.5 Å². The Morgan fingerprint density at radius 1 is 1.12 bits per heavy atom. The molecule has 1 aliphatic heterocycles. The van der Waals surface area contributed by atoms with Crippen molar-refractivity contribution in [2.75, 3.05) is 5.32 Å². The fraction of sp³-hybridized carbons (Fsp3) is 0.167. The number of ether oxygens (including phenoxy) is 1. The van der Waals surface area contributed by atoms with E-state index in [0.29, 0.717) is 23.2 Å². The molecule has 1 amide bonds. The molecule has 2 N–H and O–H groups in total. The number of carboxylic acid groups (broad SMARTS) is 1. The molecule has 24 heavy (non-hydrogen) atoms. The van der Waals surface area contributed by atoms with Crippen molar-refractivity contribution in [1.82, 2.24) is 0 Å². The van der Waals surface area contributed by atoms with Crippen LogP contribution in [0.15, 0.2) is 48.5 Å². The number of rotatable bonds is 4. The first-order valence-electron chi connectivity index (χ1n) is 7.43. The van der Waals surface area contributed by atoms with Gasteiger partial charge < -0.3 is 15.2 Å². The van der Waals surface area contributed by atoms with E-state index in [4.69, 9.17) is 9.84 Å². The van der Waals surface area contributed by atoms with Gasteiger partial charge in [-0.2, -0.15) is 0 Å². The maximum absolute atomic E-state index is 12.3. The van der Waals surface area contributed by atoms with Gasteiger partial charge in [-0.1, -0.05) is 30.3 Å². The van der Waals surface area contributed by atoms with E-state index in [-0.39, 0.29) is 6.42 Å². The smallest absolute Gasteiger partial charge is 0.339 e. The third kappa shape index (κ3) is 3.43. The van der Waals surface area contributed by atoms with E-state index < -0.39 is 23.9 Å². The van der Waals surface area contributed by atoms with Gasteiger partial charge in [-0.05, 0) is 29.3 Å². The lowest BCUT2D eigenvalue weighted by Gasteiger charge is -2.23. The number of cyclic esters (lactones) is 1. The van der Waals surface area contributed by atoms with Crippen molar-refractivity contribution in [3.8, 4) is 0 Å². The minimum Gasteiger partial charge on any atom is -0.481 e. The number of hydrogen-bond acceptors (Lipinski definition) is 4. The van der Waals surface area contributed by atoms with Crippen molar-refractivity contribution in [2.45, 2.75) is 18.9 Å². The predicted octanol–water partition coefficient (Wildman–Crippen LogP) is 2.03. The van der Waals surface area contributed by atoms with Gasteiger partial charge in [-0.3, -0.25) is 9.59 Å². The summed E-state index contributed by atoms with van der Waals surface area (Å²) < 4.78 is 5.19. The van der Waals surface area contributed by atoms with E-state index in [1.807, 2.05) is 6.07 Å². The number of carbonyl (C=O) groups excluding carboxylic acids is 2. The van der Waals surface area contributed by atoms with Crippen molar-refractivity contribution in [3.05, 3.63) is 65.2 Å². The van der Waals surface area contributed by atoms with Gasteiger partial charge in [0.05, 0.1) is 12.0 Å². The maximum atomic E-state index is 12.3. The van der Waals surface area contributed by atoms with Crippen LogP contribution in [0.25, 0.3) is 0 Å². The molecule has 3 rings (SSSR count). The number of hydrogen-bond donors (Lipinski definition) is 2. The molecule has 0 fully saturated rings. The van der Waals surface area contributed by atoms with Crippen LogP contribution in [0.1, 0.15) is 21.5 Å². The highest BCUT2D eigenvalue weighted by atomic mass is 16.5. The zero-order chi connectivity index (χ0) is 17.1. The topological polar surface area (TPSA) is 92.7 Å². The van der Waals surface area contributed by atoms with Gasteiger partial charge in [-0.25, -0.2) is 4.79 Å². The molecule has 0 aliphatic carbocycles. The zero-order valence-corrected chi connectivity index (χ0v) is 12.7. The molecule has 6 nitrogen and oxygen atoms in total. The average Bonchev–Trinajstić information content (AvgIpc) is 2.56. The summed E-state index contributed by atoms with van der Waals surface area (Å²) in [5.41, 5.74) is 2.42. The van der Waals surface area contributed by atoms with Gasteiger partial charge in [0, 0.05) is 12.1 Å². The van der Waals surface area contributed by atoms with E-state index in [0.717, 1.165) is 5.56 Å². The number of amides is 1. The van der Waals surface area contributed by atoms with E-state index in [1.54, 1.807) is 42.5 Å². The molecule has 0 saturated heterocycles. The molecule has 1 heterocycles. The first kappa shape index (κ1) is 15.7. The molecule has 2 aromatic rings. The summed E-state index contributed by atoms with van der Waals surface area (Å²) in [7, 11) is 0. The van der Waals surface area contributed by atoms with Crippen molar-refractivity contribution < 1.29 is 24.2 Å². The largest absolute Gasteiger partial charge is 0.481 e. The first-order valence-corrected chi connectivity index (χ1v) is 7.43. The van der Waals surface area contributed by atoms with E-state index >= 15 is 0 Å². The molecule has 0 saturated carbocycles. The lowest BCUT2D eigenvalue weighted by atomic mass is 9.98. The number of carbonyl (C=O) groups is 3. The Labute approximate surface area is 138 Å². The standard InChI is InChI=1S/C18H15NO5/c20-16(21)9-11-5-7-13(8-6-11)19-17(22)15-10-12-3-1-2-4-14(12)18(23)24-15/h1-8,15H,9-10H2,(H,19,22)(H,20,21). The summed E-state index contributed by atoms with van der Waals surface area (Å²) in [5, 5.41) is 11.4. The molecule has 0 aromatic heterocycles. The molecule has 0 bridgehead atoms. The SMILES string of the molecule is O=C(O)Cc1ccc(NC(=O)C2Cc3ccccc3C(=O)O2)cc1. The second-order valence-electron chi connectivity index (χ2n) is 5.51. The maximum Gasteiger partial charge on any atom is 0.339 e. The summed E-state index contributed by atoms with van der Waals surface area (Å²) in [6, 6.07) is 13.5. The third-order valence-corrected chi connectivity index (χ3v) is 3.76. The Morgan fingerprint density at radius 3 is 2.54 bits per heavy atom. The van der Waals surface area contributed by atoms with E-state index in [1.165, 1.54) is 0 Å². The summed E-state index contributed by atoms with van der Waals surface area (Å²) in [4.78, 5) is 34.9. The van der Waals surface area contributed by atoms with Gasteiger partial charge >= 0.3 is 11.9 Å². The molecule has 2 aromatic carbocycles. The van der Waals surface area contributed by atoms with Crippen LogP contribution < -0.4 is 5.32 Å². The molecule has 1 aliphatic rings. The number of aliphatic carboxylic acids is 1. The highest BCUT2D eigenvalue weighted by molar-refractivity contribution is 6.00. The van der Waals surface area contributed by atoms with Gasteiger partial charge in [0.2, 0.25) is 0 Å². The molecule has 122 valence electrons. The summed E-state index contributed by atoms with van der Waals surface area (Å²) in [5.74, 6) is -1.84. The number of fused-ring (bicyclic) bond motifs is 1. The van der Waals surface area contributed by atoms with Crippen LogP contribution in [0, 0.1) is 0 Å². The number of carboxylic acids is 1. The molecule has 6 heteroatoms. The number of esters is 1. The van der Waals surface area contributed by atoms with Crippen LogP contribution in [0.5, 0.6) is 0 Å². The van der Waals surface area contributed by atoms with Gasteiger partial charge in [0.25, 0.3) is 5.91 Å².